The second-order valence-corrected chi connectivity index (χ2v) is 7.49. The van der Waals surface area contributed by atoms with Gasteiger partial charge in [0.05, 0.1) is 25.7 Å². The van der Waals surface area contributed by atoms with Crippen LogP contribution in [0, 0.1) is 10.1 Å². The summed E-state index contributed by atoms with van der Waals surface area (Å²) in [6.07, 6.45) is 3.22. The average molecular weight is 338 g/mol. The summed E-state index contributed by atoms with van der Waals surface area (Å²) in [5, 5.41) is 13.0. The summed E-state index contributed by atoms with van der Waals surface area (Å²) in [4.78, 5) is 20.9. The maximum atomic E-state index is 12.2. The Morgan fingerprint density at radius 2 is 2.18 bits per heavy atom. The highest BCUT2D eigenvalue weighted by atomic mass is 32.2. The molecule has 0 aliphatic carbocycles. The molecule has 0 saturated carbocycles. The number of anilines is 1. The van der Waals surface area contributed by atoms with E-state index in [0.717, 1.165) is 30.1 Å². The van der Waals surface area contributed by atoms with E-state index in [1.54, 1.807) is 6.07 Å². The number of hydrogen-bond donors (Lipinski definition) is 0. The van der Waals surface area contributed by atoms with E-state index in [2.05, 4.69) is 9.97 Å². The minimum Gasteiger partial charge on any atom is -0.351 e. The minimum atomic E-state index is -1.23. The van der Waals surface area contributed by atoms with Crippen LogP contribution in [0.1, 0.15) is 18.7 Å². The molecule has 1 atom stereocenters. The van der Waals surface area contributed by atoms with Crippen molar-refractivity contribution in [2.45, 2.75) is 22.8 Å². The van der Waals surface area contributed by atoms with Gasteiger partial charge >= 0.3 is 5.69 Å². The Labute approximate surface area is 133 Å². The Balaban J connectivity index is 1.87. The highest BCUT2D eigenvalue weighted by molar-refractivity contribution is 7.86. The van der Waals surface area contributed by atoms with Crippen molar-refractivity contribution in [2.24, 2.45) is 0 Å². The number of thiophene rings is 1. The molecule has 9 heteroatoms. The largest absolute Gasteiger partial charge is 0.351 e. The number of nitrogens with zero attached hydrogens (tertiary/aromatic N) is 4. The van der Waals surface area contributed by atoms with Crippen LogP contribution in [0.3, 0.4) is 0 Å². The topological polar surface area (TPSA) is 89.2 Å². The van der Waals surface area contributed by atoms with Crippen LogP contribution in [0.5, 0.6) is 0 Å². The third-order valence-electron chi connectivity index (χ3n) is 3.38. The fourth-order valence-corrected chi connectivity index (χ4v) is 4.31. The molecule has 0 N–H and O–H groups in total. The molecular formula is C13H14N4O3S2. The maximum absolute atomic E-state index is 12.2. The number of aromatic nitrogens is 2. The molecule has 116 valence electrons. The van der Waals surface area contributed by atoms with Gasteiger partial charge in [-0.2, -0.15) is 0 Å². The van der Waals surface area contributed by atoms with Crippen LogP contribution in [0.2, 0.25) is 0 Å². The zero-order valence-corrected chi connectivity index (χ0v) is 13.3. The minimum absolute atomic E-state index is 0.0902. The Kier molecular flexibility index (Phi) is 4.44. The smallest absolute Gasteiger partial charge is 0.329 e. The van der Waals surface area contributed by atoms with Crippen LogP contribution in [-0.4, -0.2) is 32.2 Å². The van der Waals surface area contributed by atoms with Gasteiger partial charge in [0.25, 0.3) is 0 Å². The molecule has 0 aromatic carbocycles. The van der Waals surface area contributed by atoms with Gasteiger partial charge in [0, 0.05) is 13.1 Å². The van der Waals surface area contributed by atoms with E-state index in [4.69, 9.17) is 0 Å². The molecule has 1 aliphatic heterocycles. The van der Waals surface area contributed by atoms with E-state index in [-0.39, 0.29) is 11.4 Å². The molecule has 0 bridgehead atoms. The van der Waals surface area contributed by atoms with Crippen LogP contribution < -0.4 is 4.90 Å². The normalized spacial score (nSPS) is 15.9. The molecule has 0 amide bonds. The molecule has 7 nitrogen and oxygen atoms in total. The van der Waals surface area contributed by atoms with Gasteiger partial charge in [-0.15, -0.1) is 11.3 Å². The van der Waals surface area contributed by atoms with Crippen molar-refractivity contribution < 1.29 is 9.13 Å². The third kappa shape index (κ3) is 3.14. The van der Waals surface area contributed by atoms with Crippen LogP contribution in [0.4, 0.5) is 11.5 Å². The Morgan fingerprint density at radius 3 is 2.82 bits per heavy atom. The first-order valence-electron chi connectivity index (χ1n) is 6.82. The summed E-state index contributed by atoms with van der Waals surface area (Å²) < 4.78 is 13.0. The van der Waals surface area contributed by atoms with Crippen LogP contribution in [0.25, 0.3) is 0 Å². The highest BCUT2D eigenvalue weighted by Crippen LogP contribution is 2.28. The maximum Gasteiger partial charge on any atom is 0.329 e. The summed E-state index contributed by atoms with van der Waals surface area (Å²) in [5.74, 6) is 0.884. The third-order valence-corrected chi connectivity index (χ3v) is 6.00. The lowest BCUT2D eigenvalue weighted by molar-refractivity contribution is -0.384. The number of hydrogen-bond acceptors (Lipinski definition) is 7. The second-order valence-electron chi connectivity index (χ2n) is 4.87. The zero-order chi connectivity index (χ0) is 15.5. The van der Waals surface area contributed by atoms with E-state index in [0.29, 0.717) is 11.6 Å². The molecular weight excluding hydrogens is 324 g/mol. The molecule has 22 heavy (non-hydrogen) atoms. The molecule has 0 spiro atoms. The van der Waals surface area contributed by atoms with Gasteiger partial charge in [-0.05, 0) is 24.3 Å². The van der Waals surface area contributed by atoms with Crippen molar-refractivity contribution in [3.8, 4) is 0 Å². The van der Waals surface area contributed by atoms with Crippen molar-refractivity contribution in [3.63, 3.8) is 0 Å². The first-order valence-corrected chi connectivity index (χ1v) is 9.02. The summed E-state index contributed by atoms with van der Waals surface area (Å²) in [5.41, 5.74) is -0.0902. The summed E-state index contributed by atoms with van der Waals surface area (Å²) in [6.45, 7) is 1.51. The number of rotatable bonds is 5. The zero-order valence-electron chi connectivity index (χ0n) is 11.7. The molecule has 2 aromatic rings. The highest BCUT2D eigenvalue weighted by Gasteiger charge is 2.25. The van der Waals surface area contributed by atoms with Gasteiger partial charge in [-0.1, -0.05) is 6.07 Å². The summed E-state index contributed by atoms with van der Waals surface area (Å²) in [6, 6.07) is 3.64. The lowest BCUT2D eigenvalue weighted by Crippen LogP contribution is -2.21. The Bertz CT molecular complexity index is 699. The first-order chi connectivity index (χ1) is 10.6. The fraction of sp³-hybridized carbons (Fsp3) is 0.385. The van der Waals surface area contributed by atoms with Crippen molar-refractivity contribution in [1.29, 1.82) is 0 Å². The van der Waals surface area contributed by atoms with Gasteiger partial charge in [-0.25, -0.2) is 9.97 Å². The number of nitro groups is 1. The van der Waals surface area contributed by atoms with Crippen molar-refractivity contribution in [3.05, 3.63) is 39.6 Å². The molecule has 3 rings (SSSR count). The van der Waals surface area contributed by atoms with Gasteiger partial charge in [-0.3, -0.25) is 14.3 Å². The molecule has 1 unspecified atom stereocenters. The van der Waals surface area contributed by atoms with Crippen LogP contribution in [-0.2, 0) is 16.6 Å². The second kappa shape index (κ2) is 6.49. The molecule has 1 aliphatic rings. The van der Waals surface area contributed by atoms with E-state index < -0.39 is 15.7 Å². The SMILES string of the molecule is O=[N+]([O-])c1cnc(CS(=O)c2cccs2)nc1N1CCCC1. The van der Waals surface area contributed by atoms with Crippen LogP contribution in [0.15, 0.2) is 27.9 Å². The van der Waals surface area contributed by atoms with Gasteiger partial charge in [0.1, 0.15) is 12.0 Å². The van der Waals surface area contributed by atoms with Crippen molar-refractivity contribution >= 4 is 33.6 Å². The predicted octanol–water partition coefficient (Wildman–Crippen LogP) is 2.35. The lowest BCUT2D eigenvalue weighted by Gasteiger charge is -2.16. The van der Waals surface area contributed by atoms with Gasteiger partial charge < -0.3 is 4.90 Å². The first kappa shape index (κ1) is 15.0. The summed E-state index contributed by atoms with van der Waals surface area (Å²) in [7, 11) is -1.23. The molecule has 0 radical (unpaired) electrons. The molecule has 1 fully saturated rings. The van der Waals surface area contributed by atoms with E-state index >= 15 is 0 Å². The average Bonchev–Trinajstić information content (AvgIpc) is 3.20. The predicted molar refractivity (Wildman–Crippen MR) is 84.6 cm³/mol. The molecule has 3 heterocycles. The van der Waals surface area contributed by atoms with Gasteiger partial charge in [0.2, 0.25) is 5.82 Å². The molecule has 1 saturated heterocycles. The lowest BCUT2D eigenvalue weighted by atomic mass is 10.4. The molecule has 2 aromatic heterocycles. The van der Waals surface area contributed by atoms with E-state index in [1.807, 2.05) is 16.3 Å². The standard InChI is InChI=1S/C13H14N4O3S2/c18-17(19)10-8-14-11(9-22(20)12-4-3-7-21-12)15-13(10)16-5-1-2-6-16/h3-4,7-8H,1-2,5-6,9H2. The van der Waals surface area contributed by atoms with Crippen LogP contribution >= 0.6 is 11.3 Å². The Hall–Kier alpha value is -1.87. The fourth-order valence-electron chi connectivity index (χ4n) is 2.34. The Morgan fingerprint density at radius 1 is 1.41 bits per heavy atom. The summed E-state index contributed by atoms with van der Waals surface area (Å²) >= 11 is 1.41. The quantitative estimate of drug-likeness (QED) is 0.614. The van der Waals surface area contributed by atoms with E-state index in [9.17, 15) is 14.3 Å². The van der Waals surface area contributed by atoms with Gasteiger partial charge in [0.15, 0.2) is 0 Å². The monoisotopic (exact) mass is 338 g/mol. The van der Waals surface area contributed by atoms with Crippen molar-refractivity contribution in [2.75, 3.05) is 18.0 Å². The van der Waals surface area contributed by atoms with Crippen molar-refractivity contribution in [1.82, 2.24) is 9.97 Å². The van der Waals surface area contributed by atoms with E-state index in [1.165, 1.54) is 17.5 Å².